The van der Waals surface area contributed by atoms with E-state index in [1.807, 2.05) is 18.2 Å². The van der Waals surface area contributed by atoms with E-state index in [1.54, 1.807) is 36.4 Å². The van der Waals surface area contributed by atoms with Crippen molar-refractivity contribution in [2.75, 3.05) is 11.9 Å². The minimum absolute atomic E-state index is 0.267. The van der Waals surface area contributed by atoms with Crippen LogP contribution in [0.15, 0.2) is 54.6 Å². The first-order valence-electron chi connectivity index (χ1n) is 6.11. The van der Waals surface area contributed by atoms with Crippen LogP contribution in [0.25, 0.3) is 0 Å². The first kappa shape index (κ1) is 13.7. The lowest BCUT2D eigenvalue weighted by Gasteiger charge is -2.08. The summed E-state index contributed by atoms with van der Waals surface area (Å²) in [7, 11) is 0. The Morgan fingerprint density at radius 3 is 2.55 bits per heavy atom. The van der Waals surface area contributed by atoms with Crippen LogP contribution in [0.4, 0.5) is 10.5 Å². The van der Waals surface area contributed by atoms with Crippen molar-refractivity contribution in [3.63, 3.8) is 0 Å². The highest BCUT2D eigenvalue weighted by Gasteiger charge is 2.07. The zero-order valence-electron chi connectivity index (χ0n) is 10.8. The average molecular weight is 266 g/mol. The van der Waals surface area contributed by atoms with Crippen molar-refractivity contribution in [3.8, 4) is 17.6 Å². The number of amides is 1. The molecular formula is C16H14N2O2. The largest absolute Gasteiger partial charge is 0.417 e. The molecule has 0 saturated heterocycles. The van der Waals surface area contributed by atoms with Crippen LogP contribution in [-0.4, -0.2) is 12.6 Å². The molecule has 4 heteroatoms. The van der Waals surface area contributed by atoms with Crippen LogP contribution in [0.1, 0.15) is 5.56 Å². The number of hydrogen-bond acceptors (Lipinski definition) is 3. The standard InChI is InChI=1S/C16H14N2O2/c17-12-6-8-13-7-4-5-11-15(13)18-16(19)20-14-9-2-1-3-10-14/h1-5,7,9-11H,12,17H2,(H,18,19). The Bertz CT molecular complexity index is 642. The van der Waals surface area contributed by atoms with Gasteiger partial charge in [0.2, 0.25) is 0 Å². The predicted octanol–water partition coefficient (Wildman–Crippen LogP) is 2.61. The third-order valence-corrected chi connectivity index (χ3v) is 2.44. The summed E-state index contributed by atoms with van der Waals surface area (Å²) in [6.07, 6.45) is -0.557. The number of rotatable bonds is 2. The highest BCUT2D eigenvalue weighted by atomic mass is 16.6. The lowest BCUT2D eigenvalue weighted by molar-refractivity contribution is 0.215. The Kier molecular flexibility index (Phi) is 4.76. The van der Waals surface area contributed by atoms with Gasteiger partial charge in [0.25, 0.3) is 0 Å². The fourth-order valence-corrected chi connectivity index (χ4v) is 1.58. The van der Waals surface area contributed by atoms with E-state index < -0.39 is 6.09 Å². The van der Waals surface area contributed by atoms with Gasteiger partial charge in [-0.2, -0.15) is 0 Å². The average Bonchev–Trinajstić information content (AvgIpc) is 2.47. The van der Waals surface area contributed by atoms with Crippen molar-refractivity contribution in [2.24, 2.45) is 5.73 Å². The summed E-state index contributed by atoms with van der Waals surface area (Å²) in [4.78, 5) is 11.8. The molecule has 0 heterocycles. The summed E-state index contributed by atoms with van der Waals surface area (Å²) in [6.45, 7) is 0.267. The Hall–Kier alpha value is -2.77. The number of carbonyl (C=O) groups is 1. The maximum absolute atomic E-state index is 11.8. The second kappa shape index (κ2) is 6.98. The quantitative estimate of drug-likeness (QED) is 0.821. The van der Waals surface area contributed by atoms with Gasteiger partial charge in [-0.15, -0.1) is 0 Å². The second-order valence-corrected chi connectivity index (χ2v) is 3.88. The van der Waals surface area contributed by atoms with Gasteiger partial charge in [0.15, 0.2) is 0 Å². The molecule has 100 valence electrons. The van der Waals surface area contributed by atoms with E-state index in [9.17, 15) is 4.79 Å². The topological polar surface area (TPSA) is 64.3 Å². The SMILES string of the molecule is NCC#Cc1ccccc1NC(=O)Oc1ccccc1. The first-order chi connectivity index (χ1) is 9.79. The van der Waals surface area contributed by atoms with Gasteiger partial charge in [0, 0.05) is 5.56 Å². The highest BCUT2D eigenvalue weighted by molar-refractivity contribution is 5.88. The van der Waals surface area contributed by atoms with E-state index in [0.717, 1.165) is 0 Å². The summed E-state index contributed by atoms with van der Waals surface area (Å²) in [5.41, 5.74) is 6.63. The number of nitrogens with one attached hydrogen (secondary N) is 1. The van der Waals surface area contributed by atoms with E-state index in [0.29, 0.717) is 17.0 Å². The Morgan fingerprint density at radius 1 is 1.10 bits per heavy atom. The first-order valence-corrected chi connectivity index (χ1v) is 6.11. The van der Waals surface area contributed by atoms with Gasteiger partial charge < -0.3 is 10.5 Å². The maximum Gasteiger partial charge on any atom is 0.417 e. The molecule has 20 heavy (non-hydrogen) atoms. The van der Waals surface area contributed by atoms with E-state index in [1.165, 1.54) is 0 Å². The van der Waals surface area contributed by atoms with Crippen LogP contribution < -0.4 is 15.8 Å². The number of ether oxygens (including phenoxy) is 1. The van der Waals surface area contributed by atoms with E-state index in [2.05, 4.69) is 17.2 Å². The molecule has 3 N–H and O–H groups in total. The number of para-hydroxylation sites is 2. The fourth-order valence-electron chi connectivity index (χ4n) is 1.58. The number of anilines is 1. The number of hydrogen-bond donors (Lipinski definition) is 2. The van der Waals surface area contributed by atoms with Gasteiger partial charge in [0.05, 0.1) is 12.2 Å². The molecule has 0 atom stereocenters. The molecule has 4 nitrogen and oxygen atoms in total. The van der Waals surface area contributed by atoms with E-state index >= 15 is 0 Å². The van der Waals surface area contributed by atoms with Gasteiger partial charge in [0.1, 0.15) is 5.75 Å². The summed E-state index contributed by atoms with van der Waals surface area (Å²) in [6, 6.07) is 16.1. The van der Waals surface area contributed by atoms with Crippen LogP contribution in [0.5, 0.6) is 5.75 Å². The van der Waals surface area contributed by atoms with Gasteiger partial charge in [-0.3, -0.25) is 5.32 Å². The molecule has 0 fully saturated rings. The molecule has 0 saturated carbocycles. The summed E-state index contributed by atoms with van der Waals surface area (Å²) in [5.74, 6) is 6.13. The Labute approximate surface area is 117 Å². The van der Waals surface area contributed by atoms with Gasteiger partial charge in [-0.05, 0) is 24.3 Å². The minimum atomic E-state index is -0.557. The fraction of sp³-hybridized carbons (Fsp3) is 0.0625. The zero-order valence-corrected chi connectivity index (χ0v) is 10.8. The summed E-state index contributed by atoms with van der Waals surface area (Å²) < 4.78 is 5.15. The van der Waals surface area contributed by atoms with Crippen LogP contribution in [-0.2, 0) is 0 Å². The molecule has 0 radical (unpaired) electrons. The Balaban J connectivity index is 2.08. The molecule has 0 unspecified atom stereocenters. The molecular weight excluding hydrogens is 252 g/mol. The Morgan fingerprint density at radius 2 is 1.80 bits per heavy atom. The molecule has 1 amide bonds. The zero-order chi connectivity index (χ0) is 14.2. The molecule has 0 bridgehead atoms. The smallest absolute Gasteiger partial charge is 0.410 e. The van der Waals surface area contributed by atoms with Crippen LogP contribution in [0.3, 0.4) is 0 Å². The predicted molar refractivity (Wildman–Crippen MR) is 78.5 cm³/mol. The second-order valence-electron chi connectivity index (χ2n) is 3.88. The van der Waals surface area contributed by atoms with Crippen molar-refractivity contribution in [1.82, 2.24) is 0 Å². The molecule has 2 aromatic rings. The molecule has 0 spiro atoms. The van der Waals surface area contributed by atoms with Gasteiger partial charge in [-0.25, -0.2) is 4.79 Å². The molecule has 0 aliphatic rings. The summed E-state index contributed by atoms with van der Waals surface area (Å²) in [5, 5.41) is 2.66. The van der Waals surface area contributed by atoms with Gasteiger partial charge >= 0.3 is 6.09 Å². The van der Waals surface area contributed by atoms with Gasteiger partial charge in [-0.1, -0.05) is 42.2 Å². The molecule has 2 aromatic carbocycles. The van der Waals surface area contributed by atoms with Crippen molar-refractivity contribution >= 4 is 11.8 Å². The normalized spacial score (nSPS) is 9.25. The van der Waals surface area contributed by atoms with Crippen LogP contribution >= 0.6 is 0 Å². The summed E-state index contributed by atoms with van der Waals surface area (Å²) >= 11 is 0. The third kappa shape index (κ3) is 3.87. The minimum Gasteiger partial charge on any atom is -0.410 e. The van der Waals surface area contributed by atoms with Crippen molar-refractivity contribution in [3.05, 3.63) is 60.2 Å². The number of nitrogens with two attached hydrogens (primary N) is 1. The monoisotopic (exact) mass is 266 g/mol. The van der Waals surface area contributed by atoms with Crippen molar-refractivity contribution < 1.29 is 9.53 Å². The van der Waals surface area contributed by atoms with E-state index in [4.69, 9.17) is 10.5 Å². The lowest BCUT2D eigenvalue weighted by Crippen LogP contribution is -2.17. The molecule has 0 aromatic heterocycles. The third-order valence-electron chi connectivity index (χ3n) is 2.44. The highest BCUT2D eigenvalue weighted by Crippen LogP contribution is 2.15. The van der Waals surface area contributed by atoms with Crippen molar-refractivity contribution in [2.45, 2.75) is 0 Å². The molecule has 2 rings (SSSR count). The van der Waals surface area contributed by atoms with Crippen molar-refractivity contribution in [1.29, 1.82) is 0 Å². The van der Waals surface area contributed by atoms with E-state index in [-0.39, 0.29) is 6.54 Å². The maximum atomic E-state index is 11.8. The molecule has 0 aliphatic heterocycles. The molecule has 0 aliphatic carbocycles. The van der Waals surface area contributed by atoms with Crippen LogP contribution in [0, 0.1) is 11.8 Å². The van der Waals surface area contributed by atoms with Crippen LogP contribution in [0.2, 0.25) is 0 Å². The number of carbonyl (C=O) groups excluding carboxylic acids is 1. The lowest BCUT2D eigenvalue weighted by atomic mass is 10.2. The number of benzene rings is 2.